The fourth-order valence-electron chi connectivity index (χ4n) is 11.4. The maximum atomic E-state index is 2.56. The lowest BCUT2D eigenvalue weighted by Gasteiger charge is -2.42. The second kappa shape index (κ2) is 14.9. The molecule has 0 fully saturated rings. The van der Waals surface area contributed by atoms with Gasteiger partial charge in [-0.05, 0) is 121 Å². The second-order valence-electron chi connectivity index (χ2n) is 21.8. The molecule has 0 unspecified atom stereocenters. The molecule has 12 rings (SSSR count). The van der Waals surface area contributed by atoms with Crippen LogP contribution in [0.1, 0.15) is 59.1 Å². The molecule has 0 amide bonds. The summed E-state index contributed by atoms with van der Waals surface area (Å²) in [6.07, 6.45) is 1.11. The van der Waals surface area contributed by atoms with Crippen LogP contribution in [0.15, 0.2) is 158 Å². The van der Waals surface area contributed by atoms with Gasteiger partial charge in [-0.15, -0.1) is 22.7 Å². The Morgan fingerprint density at radius 2 is 0.851 bits per heavy atom. The van der Waals surface area contributed by atoms with Crippen molar-refractivity contribution in [2.75, 3.05) is 9.80 Å². The van der Waals surface area contributed by atoms with Crippen molar-refractivity contribution in [3.8, 4) is 11.1 Å². The Balaban J connectivity index is 0.985. The lowest BCUT2D eigenvalue weighted by molar-refractivity contribution is 0.506. The van der Waals surface area contributed by atoms with Crippen molar-refractivity contribution in [1.82, 2.24) is 0 Å². The molecule has 0 radical (unpaired) electrons. The molecule has 67 heavy (non-hydrogen) atoms. The van der Waals surface area contributed by atoms with Gasteiger partial charge in [-0.3, -0.25) is 0 Å². The van der Waals surface area contributed by atoms with Crippen LogP contribution in [-0.4, -0.2) is 16.1 Å². The highest BCUT2D eigenvalue weighted by Crippen LogP contribution is 2.49. The third-order valence-corrected chi connectivity index (χ3v) is 25.0. The molecule has 0 spiro atoms. The minimum atomic E-state index is -1.98. The van der Waals surface area contributed by atoms with E-state index in [2.05, 4.69) is 235 Å². The largest absolute Gasteiger partial charge is 0.311 e. The third kappa shape index (κ3) is 6.36. The number of rotatable bonds is 5. The van der Waals surface area contributed by atoms with Crippen molar-refractivity contribution in [2.24, 2.45) is 0 Å². The van der Waals surface area contributed by atoms with E-state index in [1.807, 2.05) is 22.7 Å². The van der Waals surface area contributed by atoms with Crippen LogP contribution in [0, 0.1) is 0 Å². The number of benzene rings is 8. The predicted molar refractivity (Wildman–Crippen MR) is 303 cm³/mol. The van der Waals surface area contributed by atoms with Crippen LogP contribution in [0.25, 0.3) is 51.5 Å². The number of hydrogen-bond acceptors (Lipinski definition) is 4. The highest BCUT2D eigenvalue weighted by Gasteiger charge is 2.41. The van der Waals surface area contributed by atoms with E-state index in [1.165, 1.54) is 117 Å². The van der Waals surface area contributed by atoms with Gasteiger partial charge in [0.05, 0.1) is 0 Å². The average Bonchev–Trinajstić information content (AvgIpc) is 3.89. The van der Waals surface area contributed by atoms with E-state index >= 15 is 0 Å². The lowest BCUT2D eigenvalue weighted by Crippen LogP contribution is -2.58. The summed E-state index contributed by atoms with van der Waals surface area (Å²) >= 11 is 3.84. The van der Waals surface area contributed by atoms with Crippen LogP contribution in [0.3, 0.4) is 0 Å². The van der Waals surface area contributed by atoms with E-state index in [1.54, 1.807) is 0 Å². The summed E-state index contributed by atoms with van der Waals surface area (Å²) in [5.74, 6) is 0. The van der Waals surface area contributed by atoms with Gasteiger partial charge in [-0.25, -0.2) is 0 Å². The summed E-state index contributed by atoms with van der Waals surface area (Å²) in [4.78, 5) is 5.09. The van der Waals surface area contributed by atoms with Gasteiger partial charge in [0, 0.05) is 74.5 Å². The van der Waals surface area contributed by atoms with Crippen molar-refractivity contribution in [2.45, 2.75) is 85.0 Å². The number of nitrogens with zero attached hydrogens (tertiary/aromatic N) is 2. The Morgan fingerprint density at radius 1 is 0.418 bits per heavy atom. The molecular weight excluding hydrogens is 881 g/mol. The number of thiophene rings is 2. The highest BCUT2D eigenvalue weighted by atomic mass is 32.1. The van der Waals surface area contributed by atoms with Gasteiger partial charge in [-0.1, -0.05) is 165 Å². The maximum absolute atomic E-state index is 2.56. The van der Waals surface area contributed by atoms with Crippen LogP contribution >= 0.6 is 22.7 Å². The number of fused-ring (bicyclic) bond motifs is 10. The standard InChI is InChI=1S/C61H58N2S2Si2/c1-11-61(5,6)39-27-33-49-57(35-39)67(9,10)55-25-15-13-21-47(55)63(49)41-29-31-45-53(37-41)65-51-23-17-19-43(59(45)51)42-18-16-22-50-58(42)44-30-28-40(36-52(44)64-50)62-46-20-12-14-24-54(46)66(7,8)56-34-38(60(2,3)4)26-32-48(56)62/h12-37H,11H2,1-10H3. The minimum Gasteiger partial charge on any atom is -0.311 e. The van der Waals surface area contributed by atoms with E-state index in [9.17, 15) is 0 Å². The molecule has 2 aliphatic heterocycles. The van der Waals surface area contributed by atoms with E-state index in [0.29, 0.717) is 0 Å². The molecule has 0 bridgehead atoms. The molecule has 2 aromatic heterocycles. The molecule has 6 heteroatoms. The van der Waals surface area contributed by atoms with Gasteiger partial charge in [0.2, 0.25) is 0 Å². The average molecular weight is 939 g/mol. The summed E-state index contributed by atoms with van der Waals surface area (Å²) in [6.45, 7) is 24.2. The van der Waals surface area contributed by atoms with Gasteiger partial charge in [0.15, 0.2) is 0 Å². The van der Waals surface area contributed by atoms with Gasteiger partial charge in [0.1, 0.15) is 16.1 Å². The maximum Gasteiger partial charge on any atom is 0.117 e. The van der Waals surface area contributed by atoms with Crippen molar-refractivity contribution in [1.29, 1.82) is 0 Å². The zero-order valence-electron chi connectivity index (χ0n) is 40.4. The van der Waals surface area contributed by atoms with Gasteiger partial charge >= 0.3 is 0 Å². The summed E-state index contributed by atoms with van der Waals surface area (Å²) in [5.41, 5.74) is 13.4. The van der Waals surface area contributed by atoms with Crippen molar-refractivity contribution in [3.05, 3.63) is 169 Å². The lowest BCUT2D eigenvalue weighted by atomic mass is 9.82. The van der Waals surface area contributed by atoms with Gasteiger partial charge in [0.25, 0.3) is 0 Å². The molecule has 0 saturated heterocycles. The zero-order chi connectivity index (χ0) is 46.4. The molecule has 8 aromatic carbocycles. The van der Waals surface area contributed by atoms with Gasteiger partial charge in [-0.2, -0.15) is 0 Å². The summed E-state index contributed by atoms with van der Waals surface area (Å²) in [6, 6.07) is 61.4. The summed E-state index contributed by atoms with van der Waals surface area (Å²) < 4.78 is 5.29. The smallest absolute Gasteiger partial charge is 0.117 e. The van der Waals surface area contributed by atoms with E-state index in [-0.39, 0.29) is 10.8 Å². The molecule has 0 aliphatic carbocycles. The number of hydrogen-bond donors (Lipinski definition) is 0. The normalized spacial score (nSPS) is 15.3. The Bertz CT molecular complexity index is 3680. The second-order valence-corrected chi connectivity index (χ2v) is 32.7. The summed E-state index contributed by atoms with van der Waals surface area (Å²) in [5, 5.41) is 11.4. The quantitative estimate of drug-likeness (QED) is 0.159. The van der Waals surface area contributed by atoms with Crippen LogP contribution in [-0.2, 0) is 10.8 Å². The molecule has 0 atom stereocenters. The van der Waals surface area contributed by atoms with Gasteiger partial charge < -0.3 is 9.80 Å². The molecule has 0 saturated carbocycles. The summed E-state index contributed by atoms with van der Waals surface area (Å²) in [7, 11) is -3.96. The molecule has 0 N–H and O–H groups in total. The number of para-hydroxylation sites is 2. The molecule has 2 aliphatic rings. The molecule has 332 valence electrons. The van der Waals surface area contributed by atoms with E-state index < -0.39 is 16.1 Å². The van der Waals surface area contributed by atoms with Crippen molar-refractivity contribution < 1.29 is 0 Å². The van der Waals surface area contributed by atoms with E-state index in [4.69, 9.17) is 0 Å². The van der Waals surface area contributed by atoms with Crippen LogP contribution in [0.5, 0.6) is 0 Å². The Labute approximate surface area is 406 Å². The highest BCUT2D eigenvalue weighted by molar-refractivity contribution is 7.26. The first-order valence-corrected chi connectivity index (χ1v) is 31.7. The monoisotopic (exact) mass is 938 g/mol. The minimum absolute atomic E-state index is 0.0834. The Kier molecular flexibility index (Phi) is 9.45. The molecule has 4 heterocycles. The molecule has 10 aromatic rings. The topological polar surface area (TPSA) is 6.48 Å². The number of anilines is 6. The van der Waals surface area contributed by atoms with Crippen LogP contribution in [0.2, 0.25) is 26.2 Å². The molecule has 2 nitrogen and oxygen atoms in total. The predicted octanol–water partition coefficient (Wildman–Crippen LogP) is 16.3. The van der Waals surface area contributed by atoms with Crippen molar-refractivity contribution >= 4 is 134 Å². The Hall–Kier alpha value is -5.77. The first kappa shape index (κ1) is 42.6. The SMILES string of the molecule is CCC(C)(C)c1ccc2c(c1)[Si](C)(C)c1ccccc1N2c1ccc2c(c1)sc1cccc(-c3cccc4sc5cc(N6c7ccccc7[Si](C)(C)c7cc(C(C)(C)C)ccc76)ccc5c34)c12. The fraction of sp³-hybridized carbons (Fsp3) is 0.213. The van der Waals surface area contributed by atoms with Crippen molar-refractivity contribution in [3.63, 3.8) is 0 Å². The third-order valence-electron chi connectivity index (χ3n) is 15.8. The first-order chi connectivity index (χ1) is 32.1. The van der Waals surface area contributed by atoms with E-state index in [0.717, 1.165) is 6.42 Å². The zero-order valence-corrected chi connectivity index (χ0v) is 44.1. The van der Waals surface area contributed by atoms with Crippen LogP contribution in [0.4, 0.5) is 34.1 Å². The Morgan fingerprint density at radius 3 is 1.31 bits per heavy atom. The fourth-order valence-corrected chi connectivity index (χ4v) is 19.7. The first-order valence-electron chi connectivity index (χ1n) is 24.1. The molecular formula is C61H58N2S2Si2. The van der Waals surface area contributed by atoms with Crippen LogP contribution < -0.4 is 30.5 Å².